The molecule has 1 aliphatic heterocycles. The Morgan fingerprint density at radius 1 is 1.24 bits per heavy atom. The lowest BCUT2D eigenvalue weighted by Gasteiger charge is -2.32. The van der Waals surface area contributed by atoms with Crippen LogP contribution in [0.4, 0.5) is 0 Å². The highest BCUT2D eigenvalue weighted by Crippen LogP contribution is 2.34. The standard InChI is InChI=1S/C17H28N2OS/c1-13(20)14-7-9-19(10-8-14)11-16-12-21-17(18-16)15-5-3-2-4-6-15/h12-15,20H,2-11H2,1H3. The number of likely N-dealkylation sites (tertiary alicyclic amines) is 1. The first-order chi connectivity index (χ1) is 10.2. The van der Waals surface area contributed by atoms with Crippen molar-refractivity contribution in [1.82, 2.24) is 9.88 Å². The van der Waals surface area contributed by atoms with Crippen LogP contribution in [0.5, 0.6) is 0 Å². The van der Waals surface area contributed by atoms with E-state index in [1.54, 1.807) is 0 Å². The van der Waals surface area contributed by atoms with E-state index in [4.69, 9.17) is 4.98 Å². The molecule has 2 heterocycles. The molecule has 0 radical (unpaired) electrons. The molecule has 1 saturated heterocycles. The molecule has 1 N–H and O–H groups in total. The second-order valence-electron chi connectivity index (χ2n) is 6.87. The van der Waals surface area contributed by atoms with Crippen LogP contribution in [0.2, 0.25) is 0 Å². The fraction of sp³-hybridized carbons (Fsp3) is 0.824. The lowest BCUT2D eigenvalue weighted by atomic mass is 9.90. The fourth-order valence-electron chi connectivity index (χ4n) is 3.75. The van der Waals surface area contributed by atoms with Crippen LogP contribution in [-0.2, 0) is 6.54 Å². The molecule has 4 heteroatoms. The van der Waals surface area contributed by atoms with Gasteiger partial charge in [0.1, 0.15) is 0 Å². The third kappa shape index (κ3) is 4.05. The van der Waals surface area contributed by atoms with Crippen molar-refractivity contribution >= 4 is 11.3 Å². The van der Waals surface area contributed by atoms with E-state index >= 15 is 0 Å². The second-order valence-corrected chi connectivity index (χ2v) is 7.76. The first-order valence-electron chi connectivity index (χ1n) is 8.57. The fourth-order valence-corrected chi connectivity index (χ4v) is 4.74. The van der Waals surface area contributed by atoms with Gasteiger partial charge in [0.05, 0.1) is 16.8 Å². The zero-order valence-electron chi connectivity index (χ0n) is 13.1. The van der Waals surface area contributed by atoms with E-state index in [0.29, 0.717) is 5.92 Å². The molecule has 0 aromatic carbocycles. The topological polar surface area (TPSA) is 36.4 Å². The molecule has 2 fully saturated rings. The highest BCUT2D eigenvalue weighted by molar-refractivity contribution is 7.09. The second kappa shape index (κ2) is 7.21. The first kappa shape index (κ1) is 15.4. The van der Waals surface area contributed by atoms with Gasteiger partial charge in [-0.3, -0.25) is 4.90 Å². The summed E-state index contributed by atoms with van der Waals surface area (Å²) in [6.07, 6.45) is 8.95. The first-order valence-corrected chi connectivity index (χ1v) is 9.45. The van der Waals surface area contributed by atoms with Crippen LogP contribution in [-0.4, -0.2) is 34.2 Å². The Kier molecular flexibility index (Phi) is 5.30. The van der Waals surface area contributed by atoms with Crippen molar-refractivity contribution in [3.63, 3.8) is 0 Å². The van der Waals surface area contributed by atoms with Crippen molar-refractivity contribution in [2.24, 2.45) is 5.92 Å². The van der Waals surface area contributed by atoms with Gasteiger partial charge in [-0.05, 0) is 51.6 Å². The van der Waals surface area contributed by atoms with Crippen LogP contribution in [0.15, 0.2) is 5.38 Å². The molecular weight excluding hydrogens is 280 g/mol. The number of nitrogens with zero attached hydrogens (tertiary/aromatic N) is 2. The van der Waals surface area contributed by atoms with Crippen LogP contribution >= 0.6 is 11.3 Å². The number of piperidine rings is 1. The van der Waals surface area contributed by atoms with E-state index in [9.17, 15) is 5.11 Å². The Morgan fingerprint density at radius 3 is 2.62 bits per heavy atom. The summed E-state index contributed by atoms with van der Waals surface area (Å²) in [6, 6.07) is 0. The molecule has 118 valence electrons. The largest absolute Gasteiger partial charge is 0.393 e. The minimum absolute atomic E-state index is 0.149. The van der Waals surface area contributed by atoms with Crippen LogP contribution in [0.1, 0.15) is 68.5 Å². The predicted octanol–water partition coefficient (Wildman–Crippen LogP) is 3.78. The Labute approximate surface area is 132 Å². The van der Waals surface area contributed by atoms with Crippen LogP contribution in [0, 0.1) is 5.92 Å². The summed E-state index contributed by atoms with van der Waals surface area (Å²) < 4.78 is 0. The molecule has 3 nitrogen and oxygen atoms in total. The van der Waals surface area contributed by atoms with Gasteiger partial charge in [-0.1, -0.05) is 19.3 Å². The Bertz CT molecular complexity index is 432. The Hall–Kier alpha value is -0.450. The van der Waals surface area contributed by atoms with Gasteiger partial charge in [0.2, 0.25) is 0 Å². The number of thiazole rings is 1. The van der Waals surface area contributed by atoms with Crippen LogP contribution in [0.25, 0.3) is 0 Å². The smallest absolute Gasteiger partial charge is 0.0959 e. The maximum atomic E-state index is 9.67. The Morgan fingerprint density at radius 2 is 1.95 bits per heavy atom. The minimum Gasteiger partial charge on any atom is -0.393 e. The third-order valence-corrected chi connectivity index (χ3v) is 6.28. The Balaban J connectivity index is 1.51. The average Bonchev–Trinajstić information content (AvgIpc) is 2.97. The summed E-state index contributed by atoms with van der Waals surface area (Å²) in [6.45, 7) is 5.13. The van der Waals surface area contributed by atoms with Crippen molar-refractivity contribution < 1.29 is 5.11 Å². The van der Waals surface area contributed by atoms with Crippen molar-refractivity contribution in [3.8, 4) is 0 Å². The van der Waals surface area contributed by atoms with E-state index in [1.165, 1.54) is 42.8 Å². The predicted molar refractivity (Wildman–Crippen MR) is 87.6 cm³/mol. The van der Waals surface area contributed by atoms with Gasteiger partial charge in [-0.2, -0.15) is 0 Å². The SMILES string of the molecule is CC(O)C1CCN(Cc2csc(C3CCCCC3)n2)CC1. The molecule has 1 unspecified atom stereocenters. The van der Waals surface area contributed by atoms with Crippen LogP contribution < -0.4 is 0 Å². The number of rotatable bonds is 4. The molecule has 2 aliphatic rings. The molecule has 1 saturated carbocycles. The van der Waals surface area contributed by atoms with Gasteiger partial charge >= 0.3 is 0 Å². The van der Waals surface area contributed by atoms with Gasteiger partial charge in [-0.25, -0.2) is 4.98 Å². The van der Waals surface area contributed by atoms with E-state index in [0.717, 1.165) is 38.4 Å². The van der Waals surface area contributed by atoms with E-state index < -0.39 is 0 Å². The van der Waals surface area contributed by atoms with Gasteiger partial charge in [0, 0.05) is 17.8 Å². The molecule has 21 heavy (non-hydrogen) atoms. The molecule has 1 aliphatic carbocycles. The van der Waals surface area contributed by atoms with Crippen molar-refractivity contribution in [1.29, 1.82) is 0 Å². The number of aliphatic hydroxyl groups excluding tert-OH is 1. The zero-order chi connectivity index (χ0) is 14.7. The summed E-state index contributed by atoms with van der Waals surface area (Å²) in [4.78, 5) is 7.41. The quantitative estimate of drug-likeness (QED) is 0.919. The van der Waals surface area contributed by atoms with Crippen LogP contribution in [0.3, 0.4) is 0 Å². The van der Waals surface area contributed by atoms with E-state index in [1.807, 2.05) is 18.3 Å². The number of hydrogen-bond acceptors (Lipinski definition) is 4. The zero-order valence-corrected chi connectivity index (χ0v) is 13.9. The summed E-state index contributed by atoms with van der Waals surface area (Å²) in [7, 11) is 0. The normalized spacial score (nSPS) is 24.3. The van der Waals surface area contributed by atoms with Gasteiger partial charge in [-0.15, -0.1) is 11.3 Å². The number of hydrogen-bond donors (Lipinski definition) is 1. The average molecular weight is 308 g/mol. The summed E-state index contributed by atoms with van der Waals surface area (Å²) in [5, 5.41) is 13.3. The third-order valence-electron chi connectivity index (χ3n) is 5.22. The molecule has 1 aromatic rings. The summed E-state index contributed by atoms with van der Waals surface area (Å²) >= 11 is 1.87. The van der Waals surface area contributed by atoms with E-state index in [2.05, 4.69) is 10.3 Å². The van der Waals surface area contributed by atoms with Gasteiger partial charge in [0.25, 0.3) is 0 Å². The van der Waals surface area contributed by atoms with Crippen molar-refractivity contribution in [3.05, 3.63) is 16.1 Å². The molecule has 3 rings (SSSR count). The monoisotopic (exact) mass is 308 g/mol. The van der Waals surface area contributed by atoms with Crippen molar-refractivity contribution in [2.45, 2.75) is 70.4 Å². The number of aliphatic hydroxyl groups is 1. The highest BCUT2D eigenvalue weighted by Gasteiger charge is 2.24. The maximum Gasteiger partial charge on any atom is 0.0959 e. The molecule has 1 aromatic heterocycles. The maximum absolute atomic E-state index is 9.67. The molecule has 0 bridgehead atoms. The van der Waals surface area contributed by atoms with Gasteiger partial charge < -0.3 is 5.11 Å². The van der Waals surface area contributed by atoms with Gasteiger partial charge in [0.15, 0.2) is 0 Å². The molecule has 1 atom stereocenters. The summed E-state index contributed by atoms with van der Waals surface area (Å²) in [5.74, 6) is 1.23. The minimum atomic E-state index is -0.149. The molecular formula is C17H28N2OS. The summed E-state index contributed by atoms with van der Waals surface area (Å²) in [5.41, 5.74) is 1.26. The lowest BCUT2D eigenvalue weighted by Crippen LogP contribution is -2.36. The molecule has 0 spiro atoms. The van der Waals surface area contributed by atoms with E-state index in [-0.39, 0.29) is 6.10 Å². The number of aromatic nitrogens is 1. The highest BCUT2D eigenvalue weighted by atomic mass is 32.1. The lowest BCUT2D eigenvalue weighted by molar-refractivity contribution is 0.0692. The molecule has 0 amide bonds. The van der Waals surface area contributed by atoms with Crippen molar-refractivity contribution in [2.75, 3.05) is 13.1 Å².